The Morgan fingerprint density at radius 2 is 1.93 bits per heavy atom. The zero-order chi connectivity index (χ0) is 30.3. The van der Waals surface area contributed by atoms with Gasteiger partial charge in [0.05, 0.1) is 12.5 Å². The third-order valence-electron chi connectivity index (χ3n) is 7.10. The highest BCUT2D eigenvalue weighted by Gasteiger charge is 2.34. The molecule has 9 nitrogen and oxygen atoms in total. The summed E-state index contributed by atoms with van der Waals surface area (Å²) in [5, 5.41) is 5.82. The summed E-state index contributed by atoms with van der Waals surface area (Å²) in [5.41, 5.74) is 2.16. The molecule has 2 fully saturated rings. The highest BCUT2D eigenvalue weighted by Crippen LogP contribution is 2.33. The van der Waals surface area contributed by atoms with E-state index in [1.165, 1.54) is 17.0 Å². The molecule has 2 N–H and O–H groups in total. The van der Waals surface area contributed by atoms with Crippen molar-refractivity contribution in [1.82, 2.24) is 10.6 Å². The van der Waals surface area contributed by atoms with Crippen molar-refractivity contribution < 1.29 is 32.7 Å². The average molecular weight is 591 g/mol. The number of ether oxygens (including phenoxy) is 1. The van der Waals surface area contributed by atoms with E-state index in [1.54, 1.807) is 19.2 Å². The van der Waals surface area contributed by atoms with E-state index in [2.05, 4.69) is 21.9 Å². The van der Waals surface area contributed by atoms with Crippen LogP contribution in [0.3, 0.4) is 0 Å². The SMILES string of the molecule is C=C(CCOC=O)C(=O)N(C)c1cccc(Cl)c1C.CNC1CN(c2cc(F)c(C3CCC(=O)NC3=O)c(F)c2)C1. The molecule has 0 saturated carbocycles. The first-order chi connectivity index (χ1) is 19.5. The maximum Gasteiger partial charge on any atom is 0.293 e. The molecule has 12 heteroatoms. The molecule has 2 aliphatic heterocycles. The average Bonchev–Trinajstić information content (AvgIpc) is 2.90. The van der Waals surface area contributed by atoms with Crippen LogP contribution < -0.4 is 20.4 Å². The van der Waals surface area contributed by atoms with Crippen molar-refractivity contribution in [2.24, 2.45) is 0 Å². The van der Waals surface area contributed by atoms with Crippen LogP contribution >= 0.6 is 11.6 Å². The van der Waals surface area contributed by atoms with Crippen LogP contribution in [0.15, 0.2) is 42.5 Å². The number of anilines is 2. The molecule has 1 unspecified atom stereocenters. The number of hydrogen-bond acceptors (Lipinski definition) is 7. The molecule has 2 aromatic rings. The summed E-state index contributed by atoms with van der Waals surface area (Å²) in [6.07, 6.45) is 0.526. The van der Waals surface area contributed by atoms with Gasteiger partial charge in [0.15, 0.2) is 0 Å². The van der Waals surface area contributed by atoms with Crippen LogP contribution in [0.5, 0.6) is 0 Å². The third-order valence-corrected chi connectivity index (χ3v) is 7.51. The first-order valence-electron chi connectivity index (χ1n) is 13.0. The fourth-order valence-corrected chi connectivity index (χ4v) is 4.74. The molecule has 2 aromatic carbocycles. The standard InChI is InChI=1S/C15H17F2N3O2.C14H16ClNO3/c1-18-8-6-20(7-8)9-4-11(16)14(12(17)5-9)10-2-3-13(21)19-15(10)22;1-10(7-8-19-9-17)14(18)16(3)13-6-4-5-12(15)11(13)2/h4-5,8,10,18H,2-3,6-7H2,1H3,(H,19,21,22);4-6,9H,1,7-8H2,2-3H3. The van der Waals surface area contributed by atoms with E-state index in [4.69, 9.17) is 11.6 Å². The molecule has 2 aliphatic rings. The quantitative estimate of drug-likeness (QED) is 0.199. The highest BCUT2D eigenvalue weighted by molar-refractivity contribution is 6.31. The van der Waals surface area contributed by atoms with E-state index >= 15 is 0 Å². The number of rotatable bonds is 9. The normalized spacial score (nSPS) is 16.6. The van der Waals surface area contributed by atoms with Crippen molar-refractivity contribution in [3.8, 4) is 0 Å². The van der Waals surface area contributed by atoms with Crippen LogP contribution in [0, 0.1) is 18.6 Å². The Morgan fingerprint density at radius 1 is 1.27 bits per heavy atom. The van der Waals surface area contributed by atoms with Gasteiger partial charge in [0.25, 0.3) is 12.4 Å². The van der Waals surface area contributed by atoms with Gasteiger partial charge >= 0.3 is 0 Å². The van der Waals surface area contributed by atoms with Crippen LogP contribution in [0.25, 0.3) is 0 Å². The van der Waals surface area contributed by atoms with Gasteiger partial charge in [-0.3, -0.25) is 24.5 Å². The number of amides is 3. The monoisotopic (exact) mass is 590 g/mol. The van der Waals surface area contributed by atoms with Gasteiger partial charge in [-0.2, -0.15) is 0 Å². The van der Waals surface area contributed by atoms with Gasteiger partial charge in [-0.05, 0) is 50.2 Å². The summed E-state index contributed by atoms with van der Waals surface area (Å²) < 4.78 is 33.2. The van der Waals surface area contributed by atoms with Gasteiger partial charge in [0.2, 0.25) is 11.8 Å². The largest absolute Gasteiger partial charge is 0.468 e. The number of carbonyl (C=O) groups is 4. The van der Waals surface area contributed by atoms with E-state index in [9.17, 15) is 28.0 Å². The maximum absolute atomic E-state index is 14.3. The molecule has 1 atom stereocenters. The van der Waals surface area contributed by atoms with Crippen molar-refractivity contribution >= 4 is 47.2 Å². The summed E-state index contributed by atoms with van der Waals surface area (Å²) in [7, 11) is 3.50. The van der Waals surface area contributed by atoms with Crippen molar-refractivity contribution in [2.75, 3.05) is 43.6 Å². The smallest absolute Gasteiger partial charge is 0.293 e. The Morgan fingerprint density at radius 3 is 2.51 bits per heavy atom. The van der Waals surface area contributed by atoms with E-state index in [0.29, 0.717) is 48.3 Å². The number of halogens is 3. The van der Waals surface area contributed by atoms with E-state index < -0.39 is 29.4 Å². The van der Waals surface area contributed by atoms with Crippen LogP contribution in [-0.4, -0.2) is 64.0 Å². The molecule has 4 rings (SSSR count). The number of nitrogens with zero attached hydrogens (tertiary/aromatic N) is 2. The van der Waals surface area contributed by atoms with E-state index in [0.717, 1.165) is 11.3 Å². The first-order valence-corrected chi connectivity index (χ1v) is 13.4. The number of carbonyl (C=O) groups excluding carboxylic acids is 4. The predicted octanol–water partition coefficient (Wildman–Crippen LogP) is 3.62. The van der Waals surface area contributed by atoms with Gasteiger partial charge in [-0.15, -0.1) is 0 Å². The van der Waals surface area contributed by atoms with Crippen molar-refractivity contribution in [1.29, 1.82) is 0 Å². The van der Waals surface area contributed by atoms with Crippen LogP contribution in [-0.2, 0) is 23.9 Å². The number of likely N-dealkylation sites (N-methyl/N-ethyl adjacent to an activating group) is 2. The summed E-state index contributed by atoms with van der Waals surface area (Å²) in [6.45, 7) is 7.43. The fraction of sp³-hybridized carbons (Fsp3) is 0.379. The number of benzene rings is 2. The maximum atomic E-state index is 14.3. The summed E-state index contributed by atoms with van der Waals surface area (Å²) in [4.78, 5) is 48.5. The fourth-order valence-electron chi connectivity index (χ4n) is 4.57. The lowest BCUT2D eigenvalue weighted by Gasteiger charge is -2.41. The van der Waals surface area contributed by atoms with E-state index in [1.807, 2.05) is 24.9 Å². The molecule has 2 saturated heterocycles. The lowest BCUT2D eigenvalue weighted by Crippen LogP contribution is -2.57. The van der Waals surface area contributed by atoms with Crippen LogP contribution in [0.1, 0.15) is 36.3 Å². The molecular weight excluding hydrogens is 558 g/mol. The second-order valence-corrected chi connectivity index (χ2v) is 10.2. The molecule has 0 bridgehead atoms. The minimum Gasteiger partial charge on any atom is -0.468 e. The molecule has 0 spiro atoms. The van der Waals surface area contributed by atoms with Gasteiger partial charge in [-0.25, -0.2) is 8.78 Å². The van der Waals surface area contributed by atoms with Gasteiger partial charge in [0, 0.05) is 66.6 Å². The van der Waals surface area contributed by atoms with Gasteiger partial charge in [0.1, 0.15) is 11.6 Å². The van der Waals surface area contributed by atoms with E-state index in [-0.39, 0.29) is 30.9 Å². The Bertz CT molecular complexity index is 1310. The predicted molar refractivity (Wildman–Crippen MR) is 152 cm³/mol. The number of piperidine rings is 1. The molecule has 0 aromatic heterocycles. The zero-order valence-corrected chi connectivity index (χ0v) is 23.9. The lowest BCUT2D eigenvalue weighted by atomic mass is 9.89. The zero-order valence-electron chi connectivity index (χ0n) is 23.1. The Balaban J connectivity index is 0.000000229. The Hall–Kier alpha value is -3.83. The molecule has 2 heterocycles. The van der Waals surface area contributed by atoms with Gasteiger partial charge < -0.3 is 19.9 Å². The minimum absolute atomic E-state index is 0.0903. The highest BCUT2D eigenvalue weighted by atomic mass is 35.5. The van der Waals surface area contributed by atoms with Crippen molar-refractivity contribution in [2.45, 2.75) is 38.1 Å². The Kier molecular flexibility index (Phi) is 11.0. The summed E-state index contributed by atoms with van der Waals surface area (Å²) >= 11 is 6.03. The van der Waals surface area contributed by atoms with Crippen molar-refractivity contribution in [3.05, 3.63) is 70.3 Å². The third kappa shape index (κ3) is 7.68. The number of nitrogens with one attached hydrogen (secondary N) is 2. The van der Waals surface area contributed by atoms with Crippen LogP contribution in [0.4, 0.5) is 20.2 Å². The second-order valence-electron chi connectivity index (χ2n) is 9.79. The summed E-state index contributed by atoms with van der Waals surface area (Å²) in [5.74, 6) is -3.69. The summed E-state index contributed by atoms with van der Waals surface area (Å²) in [6, 6.07) is 8.20. The molecule has 3 amide bonds. The molecule has 0 radical (unpaired) electrons. The second kappa shape index (κ2) is 14.2. The van der Waals surface area contributed by atoms with Crippen LogP contribution in [0.2, 0.25) is 5.02 Å². The number of imide groups is 1. The Labute approximate surface area is 242 Å². The van der Waals surface area contributed by atoms with Gasteiger partial charge in [-0.1, -0.05) is 24.2 Å². The number of hydrogen-bond donors (Lipinski definition) is 2. The molecule has 41 heavy (non-hydrogen) atoms. The first kappa shape index (κ1) is 31.7. The lowest BCUT2D eigenvalue weighted by molar-refractivity contribution is -0.134. The molecule has 220 valence electrons. The molecular formula is C29H33ClF2N4O5. The molecule has 0 aliphatic carbocycles. The topological polar surface area (TPSA) is 108 Å². The minimum atomic E-state index is -0.951. The van der Waals surface area contributed by atoms with Crippen molar-refractivity contribution in [3.63, 3.8) is 0 Å².